The maximum Gasteiger partial charge on any atom is 0.191 e. The van der Waals surface area contributed by atoms with E-state index >= 15 is 0 Å². The van der Waals surface area contributed by atoms with Gasteiger partial charge in [0.15, 0.2) is 5.96 Å². The lowest BCUT2D eigenvalue weighted by Crippen LogP contribution is -2.41. The van der Waals surface area contributed by atoms with Crippen LogP contribution in [0.3, 0.4) is 0 Å². The van der Waals surface area contributed by atoms with Crippen LogP contribution in [0, 0.1) is 5.82 Å². The van der Waals surface area contributed by atoms with E-state index in [2.05, 4.69) is 27.6 Å². The third-order valence-corrected chi connectivity index (χ3v) is 3.49. The Morgan fingerprint density at radius 3 is 2.74 bits per heavy atom. The molecule has 23 heavy (non-hydrogen) atoms. The summed E-state index contributed by atoms with van der Waals surface area (Å²) in [6, 6.07) is 6.68. The van der Waals surface area contributed by atoms with E-state index in [1.54, 1.807) is 26.3 Å². The van der Waals surface area contributed by atoms with E-state index in [0.717, 1.165) is 50.6 Å². The highest BCUT2D eigenvalue weighted by molar-refractivity contribution is 5.79. The molecule has 0 amide bonds. The minimum atomic E-state index is -0.193. The number of nitrogens with zero attached hydrogens (tertiary/aromatic N) is 2. The number of aliphatic imine (C=N–C) groups is 1. The van der Waals surface area contributed by atoms with Crippen molar-refractivity contribution in [3.63, 3.8) is 0 Å². The molecule has 0 aliphatic rings. The van der Waals surface area contributed by atoms with Crippen molar-refractivity contribution < 1.29 is 9.13 Å². The van der Waals surface area contributed by atoms with Crippen molar-refractivity contribution >= 4 is 5.96 Å². The summed E-state index contributed by atoms with van der Waals surface area (Å²) < 4.78 is 18.1. The minimum absolute atomic E-state index is 0.193. The molecule has 0 heterocycles. The van der Waals surface area contributed by atoms with Gasteiger partial charge in [-0.05, 0) is 37.6 Å². The molecule has 6 heteroatoms. The lowest BCUT2D eigenvalue weighted by atomic mass is 10.1. The second-order valence-electron chi connectivity index (χ2n) is 5.46. The highest BCUT2D eigenvalue weighted by Gasteiger charge is 2.01. The van der Waals surface area contributed by atoms with E-state index in [4.69, 9.17) is 4.74 Å². The number of benzene rings is 1. The van der Waals surface area contributed by atoms with Crippen molar-refractivity contribution in [2.75, 3.05) is 54.0 Å². The van der Waals surface area contributed by atoms with E-state index in [9.17, 15) is 4.39 Å². The van der Waals surface area contributed by atoms with Crippen LogP contribution in [0.1, 0.15) is 12.0 Å². The summed E-state index contributed by atoms with van der Waals surface area (Å²) in [6.45, 7) is 4.28. The fourth-order valence-electron chi connectivity index (χ4n) is 2.19. The lowest BCUT2D eigenvalue weighted by molar-refractivity contribution is 0.180. The van der Waals surface area contributed by atoms with Crippen LogP contribution < -0.4 is 10.6 Å². The quantitative estimate of drug-likeness (QED) is 0.389. The van der Waals surface area contributed by atoms with Crippen LogP contribution in [0.25, 0.3) is 0 Å². The van der Waals surface area contributed by atoms with Gasteiger partial charge in [-0.3, -0.25) is 4.99 Å². The third kappa shape index (κ3) is 9.15. The Kier molecular flexibility index (Phi) is 9.99. The molecule has 2 N–H and O–H groups in total. The van der Waals surface area contributed by atoms with E-state index in [1.165, 1.54) is 6.07 Å². The second-order valence-corrected chi connectivity index (χ2v) is 5.46. The van der Waals surface area contributed by atoms with Gasteiger partial charge in [-0.25, -0.2) is 4.39 Å². The number of methoxy groups -OCH3 is 1. The number of ether oxygens (including phenoxy) is 1. The summed E-state index contributed by atoms with van der Waals surface area (Å²) in [7, 11) is 5.57. The van der Waals surface area contributed by atoms with Crippen LogP contribution in [-0.2, 0) is 11.2 Å². The Labute approximate surface area is 138 Å². The Morgan fingerprint density at radius 1 is 1.26 bits per heavy atom. The monoisotopic (exact) mass is 324 g/mol. The van der Waals surface area contributed by atoms with Crippen molar-refractivity contribution in [3.8, 4) is 0 Å². The first-order valence-corrected chi connectivity index (χ1v) is 8.02. The van der Waals surface area contributed by atoms with Gasteiger partial charge in [0.05, 0.1) is 0 Å². The summed E-state index contributed by atoms with van der Waals surface area (Å²) in [4.78, 5) is 6.45. The van der Waals surface area contributed by atoms with Crippen LogP contribution >= 0.6 is 0 Å². The maximum atomic E-state index is 13.1. The number of guanidine groups is 1. The van der Waals surface area contributed by atoms with Crippen molar-refractivity contribution in [1.82, 2.24) is 15.5 Å². The fraction of sp³-hybridized carbons (Fsp3) is 0.588. The summed E-state index contributed by atoms with van der Waals surface area (Å²) >= 11 is 0. The van der Waals surface area contributed by atoms with Gasteiger partial charge in [0.2, 0.25) is 0 Å². The molecular weight excluding hydrogens is 295 g/mol. The number of halogens is 1. The topological polar surface area (TPSA) is 48.9 Å². The van der Waals surface area contributed by atoms with E-state index in [-0.39, 0.29) is 5.82 Å². The maximum absolute atomic E-state index is 13.1. The van der Waals surface area contributed by atoms with Crippen LogP contribution in [0.5, 0.6) is 0 Å². The largest absolute Gasteiger partial charge is 0.385 e. The molecule has 0 aliphatic carbocycles. The molecule has 0 aromatic heterocycles. The Hall–Kier alpha value is -1.66. The highest BCUT2D eigenvalue weighted by Crippen LogP contribution is 2.03. The second kappa shape index (κ2) is 11.8. The summed E-state index contributed by atoms with van der Waals surface area (Å²) in [5.74, 6) is 0.577. The van der Waals surface area contributed by atoms with Gasteiger partial charge in [-0.1, -0.05) is 12.1 Å². The predicted molar refractivity (Wildman–Crippen MR) is 93.5 cm³/mol. The molecular formula is C17H29FN4O. The average molecular weight is 324 g/mol. The molecule has 1 aromatic carbocycles. The number of hydrogen-bond donors (Lipinski definition) is 2. The Bertz CT molecular complexity index is 468. The molecule has 0 saturated carbocycles. The number of rotatable bonds is 10. The van der Waals surface area contributed by atoms with E-state index in [0.29, 0.717) is 6.54 Å². The van der Waals surface area contributed by atoms with Gasteiger partial charge in [0, 0.05) is 46.9 Å². The molecule has 0 bridgehead atoms. The molecule has 130 valence electrons. The van der Waals surface area contributed by atoms with Crippen molar-refractivity contribution in [1.29, 1.82) is 0 Å². The number of likely N-dealkylation sites (N-methyl/N-ethyl adjacent to an activating group) is 1. The lowest BCUT2D eigenvalue weighted by Gasteiger charge is -2.18. The minimum Gasteiger partial charge on any atom is -0.385 e. The average Bonchev–Trinajstić information content (AvgIpc) is 2.53. The van der Waals surface area contributed by atoms with E-state index in [1.807, 2.05) is 6.07 Å². The molecule has 5 nitrogen and oxygen atoms in total. The zero-order chi connectivity index (χ0) is 16.9. The van der Waals surface area contributed by atoms with Gasteiger partial charge < -0.3 is 20.3 Å². The van der Waals surface area contributed by atoms with Crippen molar-refractivity contribution in [2.45, 2.75) is 12.8 Å². The van der Waals surface area contributed by atoms with Gasteiger partial charge in [-0.2, -0.15) is 0 Å². The molecule has 0 atom stereocenters. The zero-order valence-corrected chi connectivity index (χ0v) is 14.4. The summed E-state index contributed by atoms with van der Waals surface area (Å²) in [5.41, 5.74) is 0.978. The molecule has 0 unspecified atom stereocenters. The van der Waals surface area contributed by atoms with Crippen LogP contribution in [0.4, 0.5) is 4.39 Å². The van der Waals surface area contributed by atoms with Gasteiger partial charge in [0.1, 0.15) is 5.82 Å². The molecule has 1 aromatic rings. The Balaban J connectivity index is 2.17. The first kappa shape index (κ1) is 19.4. The molecule has 0 spiro atoms. The molecule has 0 fully saturated rings. The molecule has 0 aliphatic heterocycles. The van der Waals surface area contributed by atoms with Gasteiger partial charge in [0.25, 0.3) is 0 Å². The van der Waals surface area contributed by atoms with Crippen LogP contribution in [0.2, 0.25) is 0 Å². The molecule has 0 saturated heterocycles. The number of nitrogens with one attached hydrogen (secondary N) is 2. The summed E-state index contributed by atoms with van der Waals surface area (Å²) in [5, 5.41) is 6.52. The van der Waals surface area contributed by atoms with Crippen molar-refractivity contribution in [2.24, 2.45) is 4.99 Å². The smallest absolute Gasteiger partial charge is 0.191 e. The Morgan fingerprint density at radius 2 is 2.04 bits per heavy atom. The standard InChI is InChI=1S/C17H29FN4O/c1-19-17(21-10-12-22(2)11-5-13-23-3)20-9-8-15-6-4-7-16(18)14-15/h4,6-7,14H,5,8-13H2,1-3H3,(H2,19,20,21). The normalized spacial score (nSPS) is 11.8. The summed E-state index contributed by atoms with van der Waals surface area (Å²) in [6.07, 6.45) is 1.79. The van der Waals surface area contributed by atoms with E-state index < -0.39 is 0 Å². The molecule has 0 radical (unpaired) electrons. The van der Waals surface area contributed by atoms with Crippen LogP contribution in [0.15, 0.2) is 29.3 Å². The zero-order valence-electron chi connectivity index (χ0n) is 14.4. The molecule has 1 rings (SSSR count). The predicted octanol–water partition coefficient (Wildman–Crippen LogP) is 1.50. The SMILES string of the molecule is CN=C(NCCc1cccc(F)c1)NCCN(C)CCCOC. The first-order chi connectivity index (χ1) is 11.2. The first-order valence-electron chi connectivity index (χ1n) is 8.02. The van der Waals surface area contributed by atoms with Crippen LogP contribution in [-0.4, -0.2) is 64.9 Å². The van der Waals surface area contributed by atoms with Gasteiger partial charge in [-0.15, -0.1) is 0 Å². The fourth-order valence-corrected chi connectivity index (χ4v) is 2.19. The highest BCUT2D eigenvalue weighted by atomic mass is 19.1. The van der Waals surface area contributed by atoms with Gasteiger partial charge >= 0.3 is 0 Å². The third-order valence-electron chi connectivity index (χ3n) is 3.49. The number of hydrogen-bond acceptors (Lipinski definition) is 3. The van der Waals surface area contributed by atoms with Crippen molar-refractivity contribution in [3.05, 3.63) is 35.6 Å².